The van der Waals surface area contributed by atoms with E-state index in [1.54, 1.807) is 21.9 Å². The summed E-state index contributed by atoms with van der Waals surface area (Å²) >= 11 is 0. The van der Waals surface area contributed by atoms with E-state index in [0.29, 0.717) is 50.4 Å². The third kappa shape index (κ3) is 6.86. The number of hydrogen-bond donors (Lipinski definition) is 0. The van der Waals surface area contributed by atoms with Gasteiger partial charge in [0.2, 0.25) is 5.91 Å². The third-order valence-electron chi connectivity index (χ3n) is 9.16. The lowest BCUT2D eigenvalue weighted by Gasteiger charge is -2.46. The number of carbonyl (C=O) groups is 3. The second-order valence-corrected chi connectivity index (χ2v) is 14.6. The molecule has 0 N–H and O–H groups in total. The lowest BCUT2D eigenvalue weighted by molar-refractivity contribution is -0.121. The molecule has 1 fully saturated rings. The molecule has 2 aromatic carbocycles. The van der Waals surface area contributed by atoms with E-state index in [1.807, 2.05) is 62.9 Å². The van der Waals surface area contributed by atoms with Gasteiger partial charge in [-0.3, -0.25) is 14.5 Å². The van der Waals surface area contributed by atoms with Crippen molar-refractivity contribution in [1.29, 1.82) is 0 Å². The maximum Gasteiger partial charge on any atom is 0.410 e. The van der Waals surface area contributed by atoms with Crippen LogP contribution in [0, 0.1) is 5.82 Å². The predicted octanol–water partition coefficient (Wildman–Crippen LogP) is 4.80. The largest absolute Gasteiger partial charge is 0.444 e. The van der Waals surface area contributed by atoms with Crippen molar-refractivity contribution >= 4 is 23.6 Å². The average molecular weight is 643 g/mol. The van der Waals surface area contributed by atoms with Crippen LogP contribution < -0.4 is 4.90 Å². The topological polar surface area (TPSA) is 99.2 Å². The summed E-state index contributed by atoms with van der Waals surface area (Å²) in [6.07, 6.45) is 0.0566. The smallest absolute Gasteiger partial charge is 0.410 e. The number of nitrogens with zero attached hydrogens (tertiary/aromatic N) is 6. The summed E-state index contributed by atoms with van der Waals surface area (Å²) in [5.74, 6) is -0.432. The molecule has 3 aromatic rings. The fourth-order valence-corrected chi connectivity index (χ4v) is 6.81. The second kappa shape index (κ2) is 12.3. The molecule has 3 aliphatic heterocycles. The van der Waals surface area contributed by atoms with Crippen LogP contribution in [0.4, 0.5) is 14.9 Å². The van der Waals surface area contributed by atoms with Gasteiger partial charge in [-0.05, 0) is 63.1 Å². The first-order chi connectivity index (χ1) is 22.2. The summed E-state index contributed by atoms with van der Waals surface area (Å²) in [6.45, 7) is 13.7. The van der Waals surface area contributed by atoms with Crippen LogP contribution in [0.5, 0.6) is 0 Å². The van der Waals surface area contributed by atoms with E-state index >= 15 is 0 Å². The molecular weight excluding hydrogens is 599 g/mol. The van der Waals surface area contributed by atoms with Crippen LogP contribution in [0.3, 0.4) is 0 Å². The summed E-state index contributed by atoms with van der Waals surface area (Å²) in [5, 5.41) is 9.00. The van der Waals surface area contributed by atoms with Crippen molar-refractivity contribution in [3.05, 3.63) is 88.5 Å². The molecule has 2 atom stereocenters. The molecule has 4 heterocycles. The molecule has 0 spiro atoms. The highest BCUT2D eigenvalue weighted by molar-refractivity contribution is 5.98. The number of rotatable bonds is 6. The van der Waals surface area contributed by atoms with Gasteiger partial charge in [-0.2, -0.15) is 10.2 Å². The van der Waals surface area contributed by atoms with Crippen LogP contribution in [0.2, 0.25) is 0 Å². The number of piperazine rings is 1. The van der Waals surface area contributed by atoms with E-state index in [4.69, 9.17) is 4.74 Å². The fourth-order valence-electron chi connectivity index (χ4n) is 6.81. The van der Waals surface area contributed by atoms with Crippen molar-refractivity contribution in [2.45, 2.75) is 77.6 Å². The summed E-state index contributed by atoms with van der Waals surface area (Å²) in [7, 11) is 0. The molecule has 1 saturated heterocycles. The molecule has 10 nitrogen and oxygen atoms in total. The molecule has 0 bridgehead atoms. The normalized spacial score (nSPS) is 20.7. The van der Waals surface area contributed by atoms with Gasteiger partial charge in [-0.15, -0.1) is 0 Å². The summed E-state index contributed by atoms with van der Waals surface area (Å²) in [4.78, 5) is 48.3. The summed E-state index contributed by atoms with van der Waals surface area (Å²) in [5.41, 5.74) is 3.69. The monoisotopic (exact) mass is 642 g/mol. The van der Waals surface area contributed by atoms with Gasteiger partial charge in [0.05, 0.1) is 23.6 Å². The maximum atomic E-state index is 14.2. The number of amides is 3. The SMILES string of the molecule is C[C@@H]1CN(CC(=O)N2CC(C)(C)c3nnc(Cc4ccc(F)cc4)cc32)[C@@H](CN2Cc3ccccc3C2=O)CN1C(=O)OC(C)(C)C. The first-order valence-corrected chi connectivity index (χ1v) is 16.2. The molecule has 1 aromatic heterocycles. The number of ether oxygens (including phenoxy) is 1. The Bertz CT molecular complexity index is 1690. The lowest BCUT2D eigenvalue weighted by atomic mass is 9.91. The Morgan fingerprint density at radius 2 is 1.77 bits per heavy atom. The Balaban J connectivity index is 1.24. The average Bonchev–Trinajstić information content (AvgIpc) is 3.46. The van der Waals surface area contributed by atoms with Crippen molar-refractivity contribution in [3.8, 4) is 0 Å². The predicted molar refractivity (Wildman–Crippen MR) is 176 cm³/mol. The van der Waals surface area contributed by atoms with Crippen molar-refractivity contribution in [1.82, 2.24) is 24.9 Å². The van der Waals surface area contributed by atoms with E-state index in [-0.39, 0.29) is 36.3 Å². The second-order valence-electron chi connectivity index (χ2n) is 14.6. The number of fused-ring (bicyclic) bond motifs is 2. The van der Waals surface area contributed by atoms with Crippen molar-refractivity contribution in [2.24, 2.45) is 0 Å². The van der Waals surface area contributed by atoms with Gasteiger partial charge in [0.15, 0.2) is 0 Å². The molecule has 0 saturated carbocycles. The first-order valence-electron chi connectivity index (χ1n) is 16.2. The summed E-state index contributed by atoms with van der Waals surface area (Å²) in [6, 6.07) is 15.3. The quantitative estimate of drug-likeness (QED) is 0.381. The van der Waals surface area contributed by atoms with E-state index in [9.17, 15) is 18.8 Å². The van der Waals surface area contributed by atoms with Gasteiger partial charge in [0.25, 0.3) is 5.91 Å². The highest BCUT2D eigenvalue weighted by atomic mass is 19.1. The molecule has 0 unspecified atom stereocenters. The minimum atomic E-state index is -0.652. The molecule has 248 valence electrons. The standard InChI is InChI=1S/C36H43FN6O4/c1-23-17-40(28(20-42(23)34(46)47-35(2,3)4)19-41-18-25-9-7-8-10-29(25)33(41)45)21-31(44)43-22-36(5,6)32-30(43)16-27(38-39-32)15-24-11-13-26(37)14-12-24/h7-14,16,23,28H,15,17-22H2,1-6H3/t23-,28+/m1/s1. The Labute approximate surface area is 275 Å². The van der Waals surface area contributed by atoms with Crippen molar-refractivity contribution in [3.63, 3.8) is 0 Å². The minimum Gasteiger partial charge on any atom is -0.444 e. The molecule has 0 aliphatic carbocycles. The number of carbonyl (C=O) groups excluding carboxylic acids is 3. The Morgan fingerprint density at radius 1 is 1.04 bits per heavy atom. The molecular formula is C36H43FN6O4. The number of anilines is 1. The number of halogens is 1. The zero-order valence-electron chi connectivity index (χ0n) is 28.0. The highest BCUT2D eigenvalue weighted by Crippen LogP contribution is 2.39. The Hall–Kier alpha value is -4.38. The van der Waals surface area contributed by atoms with Crippen molar-refractivity contribution in [2.75, 3.05) is 37.6 Å². The molecule has 3 amide bonds. The third-order valence-corrected chi connectivity index (χ3v) is 9.16. The molecule has 6 rings (SSSR count). The van der Waals surface area contributed by atoms with E-state index in [1.165, 1.54) is 12.1 Å². The maximum absolute atomic E-state index is 14.2. The molecule has 11 heteroatoms. The van der Waals surface area contributed by atoms with E-state index in [0.717, 1.165) is 22.5 Å². The molecule has 0 radical (unpaired) electrons. The zero-order valence-corrected chi connectivity index (χ0v) is 28.0. The zero-order chi connectivity index (χ0) is 33.7. The van der Waals surface area contributed by atoms with Crippen LogP contribution in [-0.2, 0) is 27.9 Å². The molecule has 3 aliphatic rings. The lowest BCUT2D eigenvalue weighted by Crippen LogP contribution is -2.63. The van der Waals surface area contributed by atoms with Crippen LogP contribution in [-0.4, -0.2) is 93.2 Å². The van der Waals surface area contributed by atoms with Crippen LogP contribution >= 0.6 is 0 Å². The fraction of sp³-hybridized carbons (Fsp3) is 0.472. The summed E-state index contributed by atoms with van der Waals surface area (Å²) < 4.78 is 19.2. The van der Waals surface area contributed by atoms with Crippen LogP contribution in [0.1, 0.15) is 74.4 Å². The van der Waals surface area contributed by atoms with Gasteiger partial charge in [0, 0.05) is 62.2 Å². The van der Waals surface area contributed by atoms with E-state index in [2.05, 4.69) is 28.9 Å². The number of aromatic nitrogens is 2. The first kappa shape index (κ1) is 32.6. The van der Waals surface area contributed by atoms with Gasteiger partial charge < -0.3 is 19.4 Å². The highest BCUT2D eigenvalue weighted by Gasteiger charge is 2.43. The van der Waals surface area contributed by atoms with E-state index < -0.39 is 17.1 Å². The Morgan fingerprint density at radius 3 is 2.47 bits per heavy atom. The number of benzene rings is 2. The number of hydrogen-bond acceptors (Lipinski definition) is 7. The molecule has 47 heavy (non-hydrogen) atoms. The van der Waals surface area contributed by atoms with Crippen molar-refractivity contribution < 1.29 is 23.5 Å². The van der Waals surface area contributed by atoms with Crippen LogP contribution in [0.15, 0.2) is 54.6 Å². The Kier molecular flexibility index (Phi) is 8.54. The van der Waals surface area contributed by atoms with Gasteiger partial charge in [0.1, 0.15) is 11.4 Å². The van der Waals surface area contributed by atoms with Crippen LogP contribution in [0.25, 0.3) is 0 Å². The van der Waals surface area contributed by atoms with Gasteiger partial charge in [-0.25, -0.2) is 9.18 Å². The van der Waals surface area contributed by atoms with Gasteiger partial charge >= 0.3 is 6.09 Å². The minimum absolute atomic E-state index is 0.0446. The van der Waals surface area contributed by atoms with Gasteiger partial charge in [-0.1, -0.05) is 44.2 Å².